The van der Waals surface area contributed by atoms with E-state index >= 15 is 0 Å². The number of hydrogen-bond donors (Lipinski definition) is 3. The van der Waals surface area contributed by atoms with Gasteiger partial charge in [-0.1, -0.05) is 18.2 Å². The number of phenols is 1. The predicted molar refractivity (Wildman–Crippen MR) is 82.7 cm³/mol. The molecule has 0 aromatic heterocycles. The summed E-state index contributed by atoms with van der Waals surface area (Å²) in [5, 5.41) is 17.9. The summed E-state index contributed by atoms with van der Waals surface area (Å²) in [5.41, 5.74) is 2.50. The van der Waals surface area contributed by atoms with Crippen molar-refractivity contribution in [3.05, 3.63) is 53.6 Å². The molecule has 0 heterocycles. The van der Waals surface area contributed by atoms with E-state index in [1.54, 1.807) is 24.3 Å². The molecule has 1 unspecified atom stereocenters. The number of nitrogens with two attached hydrogens (primary N) is 1. The first-order valence-electron chi connectivity index (χ1n) is 6.46. The lowest BCUT2D eigenvalue weighted by atomic mass is 10.1. The summed E-state index contributed by atoms with van der Waals surface area (Å²) in [6.07, 6.45) is 0. The molecule has 4 N–H and O–H groups in total. The van der Waals surface area contributed by atoms with E-state index in [-0.39, 0.29) is 16.7 Å². The number of anilines is 1. The monoisotopic (exact) mass is 306 g/mol. The fourth-order valence-electron chi connectivity index (χ4n) is 2.04. The van der Waals surface area contributed by atoms with Crippen LogP contribution in [0.2, 0.25) is 0 Å². The van der Waals surface area contributed by atoms with E-state index in [1.807, 2.05) is 19.9 Å². The number of sulfonamides is 1. The number of benzene rings is 2. The van der Waals surface area contributed by atoms with Gasteiger partial charge in [-0.3, -0.25) is 0 Å². The van der Waals surface area contributed by atoms with Crippen LogP contribution >= 0.6 is 0 Å². The lowest BCUT2D eigenvalue weighted by molar-refractivity contribution is 0.474. The average Bonchev–Trinajstić information content (AvgIpc) is 2.40. The van der Waals surface area contributed by atoms with Gasteiger partial charge in [-0.25, -0.2) is 13.6 Å². The molecule has 0 amide bonds. The van der Waals surface area contributed by atoms with Crippen molar-refractivity contribution in [3.8, 4) is 5.75 Å². The molecule has 0 radical (unpaired) electrons. The van der Waals surface area contributed by atoms with Gasteiger partial charge in [0.05, 0.1) is 4.90 Å². The molecule has 0 aliphatic carbocycles. The highest BCUT2D eigenvalue weighted by Crippen LogP contribution is 2.26. The van der Waals surface area contributed by atoms with Crippen molar-refractivity contribution in [1.82, 2.24) is 0 Å². The molecule has 0 aliphatic heterocycles. The Hall–Kier alpha value is -2.05. The topological polar surface area (TPSA) is 92.4 Å². The van der Waals surface area contributed by atoms with Gasteiger partial charge in [0, 0.05) is 11.7 Å². The molecule has 1 atom stereocenters. The van der Waals surface area contributed by atoms with Crippen LogP contribution in [0.25, 0.3) is 0 Å². The molecule has 0 fully saturated rings. The normalized spacial score (nSPS) is 12.9. The highest BCUT2D eigenvalue weighted by Gasteiger charge is 2.12. The van der Waals surface area contributed by atoms with E-state index in [0.29, 0.717) is 5.69 Å². The Kier molecular flexibility index (Phi) is 4.20. The third-order valence-corrected chi connectivity index (χ3v) is 4.19. The Morgan fingerprint density at radius 3 is 2.52 bits per heavy atom. The SMILES string of the molecule is Cc1ccc(S(N)(=O)=O)cc1NC(C)c1cccc(O)c1. The zero-order chi connectivity index (χ0) is 15.6. The van der Waals surface area contributed by atoms with Gasteiger partial charge in [0.2, 0.25) is 10.0 Å². The van der Waals surface area contributed by atoms with Gasteiger partial charge in [0.15, 0.2) is 0 Å². The number of primary sulfonamides is 1. The molecule has 2 aromatic carbocycles. The lowest BCUT2D eigenvalue weighted by Gasteiger charge is -2.18. The molecular formula is C15H18N2O3S. The molecule has 21 heavy (non-hydrogen) atoms. The Balaban J connectivity index is 2.31. The maximum Gasteiger partial charge on any atom is 0.238 e. The highest BCUT2D eigenvalue weighted by atomic mass is 32.2. The van der Waals surface area contributed by atoms with Crippen molar-refractivity contribution in [2.45, 2.75) is 24.8 Å². The quantitative estimate of drug-likeness (QED) is 0.809. The lowest BCUT2D eigenvalue weighted by Crippen LogP contribution is -2.13. The summed E-state index contributed by atoms with van der Waals surface area (Å²) in [6, 6.07) is 11.5. The Morgan fingerprint density at radius 1 is 1.19 bits per heavy atom. The number of phenolic OH excluding ortho intramolecular Hbond substituents is 1. The highest BCUT2D eigenvalue weighted by molar-refractivity contribution is 7.89. The van der Waals surface area contributed by atoms with E-state index in [2.05, 4.69) is 5.32 Å². The first-order chi connectivity index (χ1) is 9.77. The largest absolute Gasteiger partial charge is 0.508 e. The van der Waals surface area contributed by atoms with Gasteiger partial charge in [0.25, 0.3) is 0 Å². The van der Waals surface area contributed by atoms with Gasteiger partial charge in [0.1, 0.15) is 5.75 Å². The van der Waals surface area contributed by atoms with Crippen LogP contribution in [0.3, 0.4) is 0 Å². The minimum absolute atomic E-state index is 0.0682. The third-order valence-electron chi connectivity index (χ3n) is 3.28. The Morgan fingerprint density at radius 2 is 1.90 bits per heavy atom. The number of rotatable bonds is 4. The summed E-state index contributed by atoms with van der Waals surface area (Å²) in [5.74, 6) is 0.191. The van der Waals surface area contributed by atoms with Crippen molar-refractivity contribution < 1.29 is 13.5 Å². The molecule has 2 rings (SSSR count). The van der Waals surface area contributed by atoms with E-state index in [1.165, 1.54) is 12.1 Å². The second-order valence-electron chi connectivity index (χ2n) is 4.98. The number of aryl methyl sites for hydroxylation is 1. The fraction of sp³-hybridized carbons (Fsp3) is 0.200. The van der Waals surface area contributed by atoms with Gasteiger partial charge in [-0.2, -0.15) is 0 Å². The molecule has 112 valence electrons. The standard InChI is InChI=1S/C15H18N2O3S/c1-10-6-7-14(21(16,19)20)9-15(10)17-11(2)12-4-3-5-13(18)8-12/h3-9,11,17-18H,1-2H3,(H2,16,19,20). The van der Waals surface area contributed by atoms with Crippen LogP contribution in [0.15, 0.2) is 47.4 Å². The maximum absolute atomic E-state index is 11.4. The van der Waals surface area contributed by atoms with Crippen LogP contribution in [-0.4, -0.2) is 13.5 Å². The first kappa shape index (κ1) is 15.3. The third kappa shape index (κ3) is 3.74. The van der Waals surface area contributed by atoms with Crippen LogP contribution in [0.1, 0.15) is 24.1 Å². The molecular weight excluding hydrogens is 288 g/mol. The Labute approximate surface area is 124 Å². The zero-order valence-electron chi connectivity index (χ0n) is 11.9. The molecule has 0 spiro atoms. The molecule has 6 heteroatoms. The van der Waals surface area contributed by atoms with Crippen LogP contribution in [0.4, 0.5) is 5.69 Å². The molecule has 2 aromatic rings. The van der Waals surface area contributed by atoms with Crippen LogP contribution in [-0.2, 0) is 10.0 Å². The van der Waals surface area contributed by atoms with Gasteiger partial charge >= 0.3 is 0 Å². The second kappa shape index (κ2) is 5.75. The molecule has 0 saturated carbocycles. The Bertz CT molecular complexity index is 757. The van der Waals surface area contributed by atoms with Gasteiger partial charge in [-0.05, 0) is 49.2 Å². The van der Waals surface area contributed by atoms with Crippen LogP contribution in [0.5, 0.6) is 5.75 Å². The van der Waals surface area contributed by atoms with Crippen molar-refractivity contribution in [1.29, 1.82) is 0 Å². The summed E-state index contributed by atoms with van der Waals surface area (Å²) in [4.78, 5) is 0.0682. The van der Waals surface area contributed by atoms with Crippen molar-refractivity contribution in [3.63, 3.8) is 0 Å². The minimum atomic E-state index is -3.73. The molecule has 5 nitrogen and oxygen atoms in total. The predicted octanol–water partition coefficient (Wildman–Crippen LogP) is 2.52. The van der Waals surface area contributed by atoms with Crippen LogP contribution < -0.4 is 10.5 Å². The second-order valence-corrected chi connectivity index (χ2v) is 6.54. The summed E-state index contributed by atoms with van der Waals surface area (Å²) in [7, 11) is -3.73. The molecule has 0 aliphatic rings. The average molecular weight is 306 g/mol. The van der Waals surface area contributed by atoms with Crippen molar-refractivity contribution >= 4 is 15.7 Å². The number of hydrogen-bond acceptors (Lipinski definition) is 4. The number of aromatic hydroxyl groups is 1. The van der Waals surface area contributed by atoms with E-state index in [0.717, 1.165) is 11.1 Å². The van der Waals surface area contributed by atoms with Crippen molar-refractivity contribution in [2.75, 3.05) is 5.32 Å². The van der Waals surface area contributed by atoms with Crippen molar-refractivity contribution in [2.24, 2.45) is 5.14 Å². The van der Waals surface area contributed by atoms with Crippen LogP contribution in [0, 0.1) is 6.92 Å². The van der Waals surface area contributed by atoms with Gasteiger partial charge in [-0.15, -0.1) is 0 Å². The summed E-state index contributed by atoms with van der Waals surface area (Å²) >= 11 is 0. The van der Waals surface area contributed by atoms with E-state index in [4.69, 9.17) is 5.14 Å². The first-order valence-corrected chi connectivity index (χ1v) is 8.01. The molecule has 0 saturated heterocycles. The minimum Gasteiger partial charge on any atom is -0.508 e. The summed E-state index contributed by atoms with van der Waals surface area (Å²) < 4.78 is 22.8. The molecule has 0 bridgehead atoms. The van der Waals surface area contributed by atoms with E-state index in [9.17, 15) is 13.5 Å². The zero-order valence-corrected chi connectivity index (χ0v) is 12.7. The van der Waals surface area contributed by atoms with Gasteiger partial charge < -0.3 is 10.4 Å². The van der Waals surface area contributed by atoms with E-state index < -0.39 is 10.0 Å². The number of nitrogens with one attached hydrogen (secondary N) is 1. The fourth-order valence-corrected chi connectivity index (χ4v) is 2.58. The maximum atomic E-state index is 11.4. The summed E-state index contributed by atoms with van der Waals surface area (Å²) in [6.45, 7) is 3.81. The smallest absolute Gasteiger partial charge is 0.238 e.